The summed E-state index contributed by atoms with van der Waals surface area (Å²) in [6, 6.07) is 6.27. The Morgan fingerprint density at radius 1 is 1.35 bits per heavy atom. The van der Waals surface area contributed by atoms with E-state index in [1.807, 2.05) is 0 Å². The van der Waals surface area contributed by atoms with Crippen LogP contribution in [0, 0.1) is 13.8 Å². The van der Waals surface area contributed by atoms with Gasteiger partial charge in [-0.25, -0.2) is 0 Å². The van der Waals surface area contributed by atoms with Crippen molar-refractivity contribution in [2.75, 3.05) is 18.6 Å². The van der Waals surface area contributed by atoms with Crippen LogP contribution in [0.1, 0.15) is 22.7 Å². The lowest BCUT2D eigenvalue weighted by Crippen LogP contribution is -2.15. The molecule has 0 aromatic heterocycles. The maximum atomic E-state index is 11.0. The molecule has 0 saturated carbocycles. The number of methoxy groups -OCH3 is 1. The molecule has 1 rings (SSSR count). The van der Waals surface area contributed by atoms with Gasteiger partial charge in [0.2, 0.25) is 0 Å². The highest BCUT2D eigenvalue weighted by Gasteiger charge is 2.09. The van der Waals surface area contributed by atoms with E-state index in [0.717, 1.165) is 11.3 Å². The molecule has 0 aliphatic heterocycles. The molecule has 0 spiro atoms. The minimum Gasteiger partial charge on any atom is -0.468 e. The van der Waals surface area contributed by atoms with Gasteiger partial charge in [0.25, 0.3) is 0 Å². The molecule has 17 heavy (non-hydrogen) atoms. The summed E-state index contributed by atoms with van der Waals surface area (Å²) in [5, 5.41) is 0. The van der Waals surface area contributed by atoms with Crippen molar-refractivity contribution >= 4 is 17.7 Å². The van der Waals surface area contributed by atoms with Gasteiger partial charge in [0.15, 0.2) is 0 Å². The third-order valence-corrected chi connectivity index (χ3v) is 3.45. The molecular formula is C13H19NO2S. The van der Waals surface area contributed by atoms with Crippen molar-refractivity contribution in [1.29, 1.82) is 0 Å². The molecule has 0 bridgehead atoms. The van der Waals surface area contributed by atoms with Crippen molar-refractivity contribution < 1.29 is 9.53 Å². The summed E-state index contributed by atoms with van der Waals surface area (Å²) in [6.45, 7) is 4.12. The van der Waals surface area contributed by atoms with Crippen LogP contribution < -0.4 is 5.73 Å². The number of carbonyl (C=O) groups excluding carboxylic acids is 1. The smallest absolute Gasteiger partial charge is 0.315 e. The van der Waals surface area contributed by atoms with Crippen LogP contribution in [-0.4, -0.2) is 24.6 Å². The molecule has 0 aliphatic rings. The first-order chi connectivity index (χ1) is 8.02. The Morgan fingerprint density at radius 2 is 1.94 bits per heavy atom. The van der Waals surface area contributed by atoms with Gasteiger partial charge in [0.05, 0.1) is 12.9 Å². The topological polar surface area (TPSA) is 52.3 Å². The first-order valence-corrected chi connectivity index (χ1v) is 6.66. The van der Waals surface area contributed by atoms with Crippen LogP contribution >= 0.6 is 11.8 Å². The second-order valence-electron chi connectivity index (χ2n) is 4.12. The lowest BCUT2D eigenvalue weighted by molar-refractivity contribution is -0.137. The fraction of sp³-hybridized carbons (Fsp3) is 0.462. The van der Waals surface area contributed by atoms with E-state index in [4.69, 9.17) is 5.73 Å². The van der Waals surface area contributed by atoms with E-state index >= 15 is 0 Å². The van der Waals surface area contributed by atoms with Gasteiger partial charge in [-0.2, -0.15) is 0 Å². The maximum Gasteiger partial charge on any atom is 0.315 e. The third kappa shape index (κ3) is 4.79. The number of rotatable bonds is 5. The maximum absolute atomic E-state index is 11.0. The van der Waals surface area contributed by atoms with Crippen LogP contribution in [0.2, 0.25) is 0 Å². The molecule has 1 aromatic carbocycles. The second-order valence-corrected chi connectivity index (χ2v) is 5.15. The number of nitrogens with two attached hydrogens (primary N) is 1. The van der Waals surface area contributed by atoms with E-state index in [1.165, 1.54) is 30.0 Å². The lowest BCUT2D eigenvalue weighted by atomic mass is 10.0. The summed E-state index contributed by atoms with van der Waals surface area (Å²) < 4.78 is 4.58. The Kier molecular flexibility index (Phi) is 5.51. The Balaban J connectivity index is 2.52. The fourth-order valence-electron chi connectivity index (χ4n) is 1.65. The number of thioether (sulfide) groups is 1. The molecule has 0 amide bonds. The molecule has 0 saturated heterocycles. The fourth-order valence-corrected chi connectivity index (χ4v) is 2.50. The van der Waals surface area contributed by atoms with Gasteiger partial charge in [0, 0.05) is 11.8 Å². The largest absolute Gasteiger partial charge is 0.468 e. The third-order valence-electron chi connectivity index (χ3n) is 2.42. The Hall–Kier alpha value is -1.00. The number of hydrogen-bond acceptors (Lipinski definition) is 4. The number of hydrogen-bond donors (Lipinski definition) is 1. The van der Waals surface area contributed by atoms with E-state index < -0.39 is 0 Å². The summed E-state index contributed by atoms with van der Waals surface area (Å²) in [6.07, 6.45) is 0. The van der Waals surface area contributed by atoms with E-state index in [9.17, 15) is 4.79 Å². The van der Waals surface area contributed by atoms with E-state index in [1.54, 1.807) is 0 Å². The van der Waals surface area contributed by atoms with Crippen LogP contribution in [-0.2, 0) is 9.53 Å². The molecular weight excluding hydrogens is 234 g/mol. The molecule has 2 N–H and O–H groups in total. The average Bonchev–Trinajstić information content (AvgIpc) is 2.27. The molecule has 3 nitrogen and oxygen atoms in total. The predicted molar refractivity (Wildman–Crippen MR) is 72.2 cm³/mol. The molecule has 0 radical (unpaired) electrons. The summed E-state index contributed by atoms with van der Waals surface area (Å²) in [5.41, 5.74) is 9.64. The van der Waals surface area contributed by atoms with Crippen LogP contribution in [0.15, 0.2) is 18.2 Å². The highest BCUT2D eigenvalue weighted by atomic mass is 32.2. The molecule has 4 heteroatoms. The first kappa shape index (κ1) is 14.1. The molecule has 1 atom stereocenters. The van der Waals surface area contributed by atoms with Gasteiger partial charge in [-0.3, -0.25) is 4.79 Å². The SMILES string of the molecule is COC(=O)CSCC(N)c1cc(C)cc(C)c1. The van der Waals surface area contributed by atoms with Gasteiger partial charge in [-0.1, -0.05) is 29.3 Å². The van der Waals surface area contributed by atoms with Crippen molar-refractivity contribution in [3.63, 3.8) is 0 Å². The highest BCUT2D eigenvalue weighted by molar-refractivity contribution is 7.99. The van der Waals surface area contributed by atoms with Crippen LogP contribution in [0.5, 0.6) is 0 Å². The van der Waals surface area contributed by atoms with E-state index in [2.05, 4.69) is 36.8 Å². The average molecular weight is 253 g/mol. The Labute approximate surface area is 107 Å². The highest BCUT2D eigenvalue weighted by Crippen LogP contribution is 2.19. The molecule has 0 fully saturated rings. The number of carbonyl (C=O) groups is 1. The molecule has 0 heterocycles. The zero-order chi connectivity index (χ0) is 12.8. The first-order valence-electron chi connectivity index (χ1n) is 5.51. The number of benzene rings is 1. The van der Waals surface area contributed by atoms with Crippen LogP contribution in [0.25, 0.3) is 0 Å². The molecule has 1 unspecified atom stereocenters. The number of esters is 1. The predicted octanol–water partition coefficient (Wildman–Crippen LogP) is 2.21. The quantitative estimate of drug-likeness (QED) is 0.817. The van der Waals surface area contributed by atoms with Crippen molar-refractivity contribution in [1.82, 2.24) is 0 Å². The van der Waals surface area contributed by atoms with Crippen molar-refractivity contribution in [2.24, 2.45) is 5.73 Å². The van der Waals surface area contributed by atoms with Gasteiger partial charge in [-0.15, -0.1) is 11.8 Å². The van der Waals surface area contributed by atoms with Crippen molar-refractivity contribution in [3.05, 3.63) is 34.9 Å². The standard InChI is InChI=1S/C13H19NO2S/c1-9-4-10(2)6-11(5-9)12(14)7-17-8-13(15)16-3/h4-6,12H,7-8,14H2,1-3H3. The monoisotopic (exact) mass is 253 g/mol. The summed E-state index contributed by atoms with van der Waals surface area (Å²) in [4.78, 5) is 11.0. The summed E-state index contributed by atoms with van der Waals surface area (Å²) in [7, 11) is 1.40. The molecule has 94 valence electrons. The molecule has 1 aromatic rings. The Morgan fingerprint density at radius 3 is 2.47 bits per heavy atom. The van der Waals surface area contributed by atoms with Gasteiger partial charge < -0.3 is 10.5 Å². The van der Waals surface area contributed by atoms with E-state index in [0.29, 0.717) is 5.75 Å². The molecule has 0 aliphatic carbocycles. The van der Waals surface area contributed by atoms with Gasteiger partial charge in [-0.05, 0) is 19.4 Å². The van der Waals surface area contributed by atoms with Crippen molar-refractivity contribution in [3.8, 4) is 0 Å². The summed E-state index contributed by atoms with van der Waals surface area (Å²) >= 11 is 1.50. The summed E-state index contributed by atoms with van der Waals surface area (Å²) in [5.74, 6) is 0.870. The normalized spacial score (nSPS) is 12.2. The second kappa shape index (κ2) is 6.67. The number of aryl methyl sites for hydroxylation is 2. The van der Waals surface area contributed by atoms with Crippen molar-refractivity contribution in [2.45, 2.75) is 19.9 Å². The Bertz CT molecular complexity index is 373. The van der Waals surface area contributed by atoms with E-state index in [-0.39, 0.29) is 12.0 Å². The van der Waals surface area contributed by atoms with Crippen LogP contribution in [0.4, 0.5) is 0 Å². The number of ether oxygens (including phenoxy) is 1. The van der Waals surface area contributed by atoms with Gasteiger partial charge >= 0.3 is 5.97 Å². The minimum atomic E-state index is -0.206. The minimum absolute atomic E-state index is 0.0387. The van der Waals surface area contributed by atoms with Gasteiger partial charge in [0.1, 0.15) is 0 Å². The zero-order valence-electron chi connectivity index (χ0n) is 10.5. The lowest BCUT2D eigenvalue weighted by Gasteiger charge is -2.13. The van der Waals surface area contributed by atoms with Crippen LogP contribution in [0.3, 0.4) is 0 Å². The zero-order valence-corrected chi connectivity index (χ0v) is 11.3.